The molecule has 0 aliphatic carbocycles. The molecule has 2 aliphatic rings. The SMILES string of the molecule is C=C(c1ccc(C2=CC3(CCCNCC3)Oc3ccc(F)cc32)c(O)c1)N(CC)CC. The van der Waals surface area contributed by atoms with Crippen LogP contribution < -0.4 is 10.1 Å². The van der Waals surface area contributed by atoms with Gasteiger partial charge < -0.3 is 20.1 Å². The van der Waals surface area contributed by atoms with Crippen molar-refractivity contribution in [1.29, 1.82) is 0 Å². The first-order valence-electron chi connectivity index (χ1n) is 11.2. The highest BCUT2D eigenvalue weighted by molar-refractivity contribution is 5.87. The van der Waals surface area contributed by atoms with Crippen LogP contribution in [0.25, 0.3) is 11.3 Å². The van der Waals surface area contributed by atoms with Crippen LogP contribution in [-0.4, -0.2) is 41.8 Å². The summed E-state index contributed by atoms with van der Waals surface area (Å²) < 4.78 is 20.6. The van der Waals surface area contributed by atoms with Crippen molar-refractivity contribution in [2.24, 2.45) is 0 Å². The van der Waals surface area contributed by atoms with Gasteiger partial charge in [0.15, 0.2) is 0 Å². The lowest BCUT2D eigenvalue weighted by Crippen LogP contribution is -2.37. The van der Waals surface area contributed by atoms with Crippen molar-refractivity contribution in [3.63, 3.8) is 0 Å². The van der Waals surface area contributed by atoms with Gasteiger partial charge >= 0.3 is 0 Å². The van der Waals surface area contributed by atoms with E-state index in [4.69, 9.17) is 4.74 Å². The molecule has 164 valence electrons. The van der Waals surface area contributed by atoms with E-state index in [-0.39, 0.29) is 11.6 Å². The first-order chi connectivity index (χ1) is 15.0. The Morgan fingerprint density at radius 1 is 1.13 bits per heavy atom. The van der Waals surface area contributed by atoms with Crippen LogP contribution in [0.15, 0.2) is 49.1 Å². The molecule has 1 fully saturated rings. The highest BCUT2D eigenvalue weighted by Crippen LogP contribution is 2.45. The lowest BCUT2D eigenvalue weighted by atomic mass is 9.84. The Hall–Kier alpha value is -2.79. The quantitative estimate of drug-likeness (QED) is 0.697. The van der Waals surface area contributed by atoms with E-state index in [9.17, 15) is 9.50 Å². The molecule has 2 aromatic rings. The number of phenols is 1. The van der Waals surface area contributed by atoms with Gasteiger partial charge in [-0.25, -0.2) is 4.39 Å². The summed E-state index contributed by atoms with van der Waals surface area (Å²) in [6.07, 6.45) is 4.79. The summed E-state index contributed by atoms with van der Waals surface area (Å²) in [5.41, 5.74) is 3.48. The summed E-state index contributed by atoms with van der Waals surface area (Å²) in [4.78, 5) is 2.15. The molecule has 31 heavy (non-hydrogen) atoms. The van der Waals surface area contributed by atoms with Crippen molar-refractivity contribution >= 4 is 11.3 Å². The Morgan fingerprint density at radius 3 is 2.68 bits per heavy atom. The summed E-state index contributed by atoms with van der Waals surface area (Å²) in [6, 6.07) is 10.3. The summed E-state index contributed by atoms with van der Waals surface area (Å²) in [6.45, 7) is 11.9. The molecule has 5 heteroatoms. The molecule has 2 aromatic carbocycles. The Morgan fingerprint density at radius 2 is 1.94 bits per heavy atom. The van der Waals surface area contributed by atoms with Gasteiger partial charge in [0.2, 0.25) is 0 Å². The van der Waals surface area contributed by atoms with Gasteiger partial charge in [0.1, 0.15) is 22.9 Å². The van der Waals surface area contributed by atoms with Crippen molar-refractivity contribution in [3.05, 3.63) is 71.6 Å². The number of ether oxygens (including phenoxy) is 1. The van der Waals surface area contributed by atoms with Crippen LogP contribution in [0.2, 0.25) is 0 Å². The molecule has 0 saturated carbocycles. The number of hydrogen-bond donors (Lipinski definition) is 2. The van der Waals surface area contributed by atoms with Gasteiger partial charge in [-0.2, -0.15) is 0 Å². The third-order valence-electron chi connectivity index (χ3n) is 6.40. The number of benzene rings is 2. The van der Waals surface area contributed by atoms with Crippen molar-refractivity contribution in [3.8, 4) is 11.5 Å². The van der Waals surface area contributed by atoms with E-state index in [2.05, 4.69) is 36.7 Å². The first kappa shape index (κ1) is 21.4. The van der Waals surface area contributed by atoms with E-state index >= 15 is 0 Å². The maximum atomic E-state index is 14.1. The molecule has 1 atom stereocenters. The minimum absolute atomic E-state index is 0.163. The van der Waals surface area contributed by atoms with E-state index in [0.29, 0.717) is 16.9 Å². The molecule has 2 N–H and O–H groups in total. The molecular weight excluding hydrogens is 391 g/mol. The second-order valence-corrected chi connectivity index (χ2v) is 8.32. The van der Waals surface area contributed by atoms with Gasteiger partial charge in [-0.15, -0.1) is 0 Å². The minimum Gasteiger partial charge on any atom is -0.507 e. The van der Waals surface area contributed by atoms with Crippen LogP contribution in [0, 0.1) is 5.82 Å². The lowest BCUT2D eigenvalue weighted by Gasteiger charge is -2.36. The third-order valence-corrected chi connectivity index (χ3v) is 6.40. The molecule has 0 radical (unpaired) electrons. The Kier molecular flexibility index (Phi) is 6.05. The molecule has 2 aliphatic heterocycles. The average Bonchev–Trinajstić information content (AvgIpc) is 2.99. The topological polar surface area (TPSA) is 44.7 Å². The van der Waals surface area contributed by atoms with Crippen molar-refractivity contribution in [2.75, 3.05) is 26.2 Å². The smallest absolute Gasteiger partial charge is 0.129 e. The lowest BCUT2D eigenvalue weighted by molar-refractivity contribution is 0.103. The predicted octanol–water partition coefficient (Wildman–Crippen LogP) is 5.18. The van der Waals surface area contributed by atoms with Crippen LogP contribution in [-0.2, 0) is 0 Å². The number of aromatic hydroxyl groups is 1. The minimum atomic E-state index is -0.459. The van der Waals surface area contributed by atoms with E-state index in [1.807, 2.05) is 12.1 Å². The molecule has 0 bridgehead atoms. The van der Waals surface area contributed by atoms with Gasteiger partial charge in [-0.05, 0) is 81.8 Å². The average molecular weight is 423 g/mol. The first-order valence-corrected chi connectivity index (χ1v) is 11.2. The molecule has 4 nitrogen and oxygen atoms in total. The summed E-state index contributed by atoms with van der Waals surface area (Å²) in [5.74, 6) is 0.505. The third kappa shape index (κ3) is 4.19. The predicted molar refractivity (Wildman–Crippen MR) is 124 cm³/mol. The molecular formula is C26H31FN2O2. The largest absolute Gasteiger partial charge is 0.507 e. The fourth-order valence-corrected chi connectivity index (χ4v) is 4.65. The summed E-state index contributed by atoms with van der Waals surface area (Å²) in [7, 11) is 0. The number of nitrogens with zero attached hydrogens (tertiary/aromatic N) is 1. The summed E-state index contributed by atoms with van der Waals surface area (Å²) >= 11 is 0. The molecule has 4 rings (SSSR count). The van der Waals surface area contributed by atoms with Crippen LogP contribution in [0.4, 0.5) is 4.39 Å². The fourth-order valence-electron chi connectivity index (χ4n) is 4.65. The fraction of sp³-hybridized carbons (Fsp3) is 0.385. The maximum absolute atomic E-state index is 14.1. The van der Waals surface area contributed by atoms with E-state index < -0.39 is 5.60 Å². The molecule has 1 unspecified atom stereocenters. The Balaban J connectivity index is 1.79. The van der Waals surface area contributed by atoms with Crippen LogP contribution in [0.1, 0.15) is 49.8 Å². The van der Waals surface area contributed by atoms with Crippen LogP contribution in [0.5, 0.6) is 11.5 Å². The van der Waals surface area contributed by atoms with E-state index in [1.165, 1.54) is 12.1 Å². The van der Waals surface area contributed by atoms with Gasteiger partial charge in [-0.3, -0.25) is 0 Å². The van der Waals surface area contributed by atoms with Crippen LogP contribution in [0.3, 0.4) is 0 Å². The number of fused-ring (bicyclic) bond motifs is 1. The number of phenolic OH excluding ortho intramolecular Hbond substituents is 1. The number of hydrogen-bond acceptors (Lipinski definition) is 4. The Labute approximate surface area is 184 Å². The van der Waals surface area contributed by atoms with Gasteiger partial charge in [0, 0.05) is 41.9 Å². The zero-order valence-electron chi connectivity index (χ0n) is 18.4. The van der Waals surface area contributed by atoms with Gasteiger partial charge in [0.05, 0.1) is 0 Å². The molecule has 1 saturated heterocycles. The van der Waals surface area contributed by atoms with Crippen molar-refractivity contribution in [1.82, 2.24) is 10.2 Å². The summed E-state index contributed by atoms with van der Waals surface area (Å²) in [5, 5.41) is 14.4. The van der Waals surface area contributed by atoms with E-state index in [1.54, 1.807) is 12.1 Å². The van der Waals surface area contributed by atoms with Gasteiger partial charge in [0.25, 0.3) is 0 Å². The number of nitrogens with one attached hydrogen (secondary N) is 1. The monoisotopic (exact) mass is 422 g/mol. The van der Waals surface area contributed by atoms with Gasteiger partial charge in [-0.1, -0.05) is 12.6 Å². The maximum Gasteiger partial charge on any atom is 0.129 e. The highest BCUT2D eigenvalue weighted by atomic mass is 19.1. The Bertz CT molecular complexity index is 1000. The molecule has 0 amide bonds. The second-order valence-electron chi connectivity index (χ2n) is 8.32. The van der Waals surface area contributed by atoms with Crippen LogP contribution >= 0.6 is 0 Å². The zero-order valence-corrected chi connectivity index (χ0v) is 18.4. The molecule has 2 heterocycles. The highest BCUT2D eigenvalue weighted by Gasteiger charge is 2.37. The normalized spacial score (nSPS) is 20.4. The van der Waals surface area contributed by atoms with E-state index in [0.717, 1.165) is 62.3 Å². The van der Waals surface area contributed by atoms with Crippen molar-refractivity contribution < 1.29 is 14.2 Å². The number of rotatable bonds is 5. The molecule has 1 spiro atoms. The zero-order chi connectivity index (χ0) is 22.0. The van der Waals surface area contributed by atoms with Crippen molar-refractivity contribution in [2.45, 2.75) is 38.7 Å². The second kappa shape index (κ2) is 8.75. The number of halogens is 1. The standard InChI is InChI=1S/C26H31FN2O2/c1-4-29(5-2)18(3)19-7-9-21(24(30)15-19)23-17-26(11-6-13-28-14-12-26)31-25-10-8-20(27)16-22(23)25/h7-10,15-17,28,30H,3-6,11-14H2,1-2H3. The molecule has 0 aromatic heterocycles.